The molecule has 0 aliphatic carbocycles. The van der Waals surface area contributed by atoms with Crippen molar-refractivity contribution < 1.29 is 4.74 Å². The third kappa shape index (κ3) is 21.5. The molecule has 0 rings (SSSR count). The van der Waals surface area contributed by atoms with Gasteiger partial charge in [0.05, 0.1) is 0 Å². The van der Waals surface area contributed by atoms with Gasteiger partial charge >= 0.3 is 0 Å². The molecule has 0 amide bonds. The van der Waals surface area contributed by atoms with Gasteiger partial charge in [-0.3, -0.25) is 0 Å². The first-order valence-corrected chi connectivity index (χ1v) is 12.1. The van der Waals surface area contributed by atoms with E-state index in [9.17, 15) is 5.21 Å². The fraction of sp³-hybridized carbons (Fsp3) is 0.958. The third-order valence-electron chi connectivity index (χ3n) is 5.37. The SMILES string of the molecule is CCCCCCCCCCC/C=[N+](/[O-])CCCCCCCCCCCC. The molecule has 0 aromatic rings. The van der Waals surface area contributed by atoms with E-state index in [4.69, 9.17) is 0 Å². The molecule has 0 fully saturated rings. The van der Waals surface area contributed by atoms with E-state index in [0.717, 1.165) is 12.8 Å². The molecule has 0 heterocycles. The molecular weight excluding hydrogens is 318 g/mol. The monoisotopic (exact) mass is 367 g/mol. The summed E-state index contributed by atoms with van der Waals surface area (Å²) in [4.78, 5) is 0. The van der Waals surface area contributed by atoms with Crippen LogP contribution >= 0.6 is 0 Å². The van der Waals surface area contributed by atoms with Crippen molar-refractivity contribution in [2.24, 2.45) is 0 Å². The first-order valence-electron chi connectivity index (χ1n) is 12.1. The van der Waals surface area contributed by atoms with Crippen molar-refractivity contribution in [3.05, 3.63) is 5.21 Å². The zero-order valence-electron chi connectivity index (χ0n) is 18.3. The summed E-state index contributed by atoms with van der Waals surface area (Å²) in [5, 5.41) is 11.8. The Balaban J connectivity index is 3.23. The minimum Gasteiger partial charge on any atom is -0.624 e. The summed E-state index contributed by atoms with van der Waals surface area (Å²) in [6, 6.07) is 0. The van der Waals surface area contributed by atoms with E-state index >= 15 is 0 Å². The lowest BCUT2D eigenvalue weighted by atomic mass is 10.1. The Morgan fingerprint density at radius 2 is 0.846 bits per heavy atom. The summed E-state index contributed by atoms with van der Waals surface area (Å²) in [6.45, 7) is 5.24. The highest BCUT2D eigenvalue weighted by Gasteiger charge is 1.97. The van der Waals surface area contributed by atoms with Gasteiger partial charge in [0, 0.05) is 12.8 Å². The molecule has 0 saturated heterocycles. The van der Waals surface area contributed by atoms with E-state index in [2.05, 4.69) is 13.8 Å². The fourth-order valence-electron chi connectivity index (χ4n) is 3.54. The maximum Gasteiger partial charge on any atom is 0.153 e. The molecule has 0 bridgehead atoms. The van der Waals surface area contributed by atoms with Crippen molar-refractivity contribution in [3.63, 3.8) is 0 Å². The average molecular weight is 368 g/mol. The number of nitrogens with zero attached hydrogens (tertiary/aromatic N) is 1. The van der Waals surface area contributed by atoms with Crippen LogP contribution < -0.4 is 0 Å². The number of rotatable bonds is 21. The minimum absolute atomic E-state index is 0.702. The van der Waals surface area contributed by atoms with Crippen molar-refractivity contribution in [1.29, 1.82) is 0 Å². The maximum absolute atomic E-state index is 11.8. The van der Waals surface area contributed by atoms with Gasteiger partial charge in [-0.25, -0.2) is 4.74 Å². The smallest absolute Gasteiger partial charge is 0.153 e. The molecule has 156 valence electrons. The summed E-state index contributed by atoms with van der Waals surface area (Å²) < 4.78 is 1.19. The Kier molecular flexibility index (Phi) is 22.1. The van der Waals surface area contributed by atoms with Gasteiger partial charge in [0.2, 0.25) is 0 Å². The molecular formula is C24H49NO. The van der Waals surface area contributed by atoms with Crippen LogP contribution in [0.3, 0.4) is 0 Å². The number of hydrogen-bond acceptors (Lipinski definition) is 1. The summed E-state index contributed by atoms with van der Waals surface area (Å²) in [5.41, 5.74) is 0. The molecule has 2 nitrogen and oxygen atoms in total. The Morgan fingerprint density at radius 1 is 0.500 bits per heavy atom. The van der Waals surface area contributed by atoms with Gasteiger partial charge in [-0.15, -0.1) is 0 Å². The van der Waals surface area contributed by atoms with Crippen molar-refractivity contribution in [2.45, 2.75) is 142 Å². The highest BCUT2D eigenvalue weighted by molar-refractivity contribution is 5.50. The van der Waals surface area contributed by atoms with Gasteiger partial charge in [0.15, 0.2) is 12.8 Å². The van der Waals surface area contributed by atoms with Crippen LogP contribution in [0.15, 0.2) is 0 Å². The molecule has 0 saturated carbocycles. The van der Waals surface area contributed by atoms with Gasteiger partial charge < -0.3 is 5.21 Å². The minimum atomic E-state index is 0.702. The van der Waals surface area contributed by atoms with E-state index in [1.807, 2.05) is 6.21 Å². The normalized spacial score (nSPS) is 12.0. The van der Waals surface area contributed by atoms with Gasteiger partial charge in [0.1, 0.15) is 0 Å². The molecule has 0 unspecified atom stereocenters. The Morgan fingerprint density at radius 3 is 1.27 bits per heavy atom. The second-order valence-corrected chi connectivity index (χ2v) is 8.12. The Hall–Kier alpha value is -0.530. The number of unbranched alkanes of at least 4 members (excludes halogenated alkanes) is 18. The maximum atomic E-state index is 11.8. The van der Waals surface area contributed by atoms with Crippen molar-refractivity contribution in [2.75, 3.05) is 6.54 Å². The van der Waals surface area contributed by atoms with Crippen molar-refractivity contribution in [1.82, 2.24) is 0 Å². The zero-order chi connectivity index (χ0) is 19.1. The zero-order valence-corrected chi connectivity index (χ0v) is 18.3. The van der Waals surface area contributed by atoms with E-state index in [0.29, 0.717) is 6.54 Å². The highest BCUT2D eigenvalue weighted by atomic mass is 16.5. The van der Waals surface area contributed by atoms with Crippen LogP contribution in [0.1, 0.15) is 142 Å². The number of hydrogen-bond donors (Lipinski definition) is 0. The molecule has 0 aromatic carbocycles. The molecule has 0 radical (unpaired) electrons. The standard InChI is InChI=1S/C24H49NO/c1-3-5-7-9-11-13-15-17-19-21-23-25(26)24-22-20-18-16-14-12-10-8-6-4-2/h23H,3-22,24H2,1-2H3/b25-23+. The van der Waals surface area contributed by atoms with Crippen LogP contribution in [0.4, 0.5) is 0 Å². The fourth-order valence-corrected chi connectivity index (χ4v) is 3.54. The summed E-state index contributed by atoms with van der Waals surface area (Å²) >= 11 is 0. The van der Waals surface area contributed by atoms with Gasteiger partial charge in [-0.05, 0) is 12.8 Å². The van der Waals surface area contributed by atoms with Gasteiger partial charge in [-0.1, -0.05) is 117 Å². The molecule has 0 N–H and O–H groups in total. The third-order valence-corrected chi connectivity index (χ3v) is 5.37. The second kappa shape index (κ2) is 22.5. The van der Waals surface area contributed by atoms with Crippen LogP contribution in [0.5, 0.6) is 0 Å². The summed E-state index contributed by atoms with van der Waals surface area (Å²) in [7, 11) is 0. The Labute approximate surface area is 165 Å². The van der Waals surface area contributed by atoms with E-state index in [-0.39, 0.29) is 0 Å². The first kappa shape index (κ1) is 25.5. The quantitative estimate of drug-likeness (QED) is 0.0657. The lowest BCUT2D eigenvalue weighted by Crippen LogP contribution is -2.06. The molecule has 0 aliphatic heterocycles. The first-order chi connectivity index (χ1) is 12.8. The lowest BCUT2D eigenvalue weighted by Gasteiger charge is -2.05. The van der Waals surface area contributed by atoms with Crippen molar-refractivity contribution >= 4 is 6.21 Å². The van der Waals surface area contributed by atoms with Crippen LogP contribution in [0.25, 0.3) is 0 Å². The molecule has 0 atom stereocenters. The predicted octanol–water partition coefficient (Wildman–Crippen LogP) is 8.41. The van der Waals surface area contributed by atoms with E-state index < -0.39 is 0 Å². The molecule has 26 heavy (non-hydrogen) atoms. The van der Waals surface area contributed by atoms with Crippen LogP contribution in [-0.4, -0.2) is 17.5 Å². The van der Waals surface area contributed by atoms with Crippen molar-refractivity contribution in [3.8, 4) is 0 Å². The molecule has 2 heteroatoms. The number of hydroxylamine groups is 1. The highest BCUT2D eigenvalue weighted by Crippen LogP contribution is 2.11. The van der Waals surface area contributed by atoms with Gasteiger partial charge in [0.25, 0.3) is 0 Å². The predicted molar refractivity (Wildman–Crippen MR) is 118 cm³/mol. The van der Waals surface area contributed by atoms with E-state index in [1.54, 1.807) is 0 Å². The second-order valence-electron chi connectivity index (χ2n) is 8.12. The molecule has 0 aromatic heterocycles. The average Bonchev–Trinajstić information content (AvgIpc) is 2.64. The van der Waals surface area contributed by atoms with Crippen LogP contribution in [0.2, 0.25) is 0 Å². The largest absolute Gasteiger partial charge is 0.624 e. The van der Waals surface area contributed by atoms with Crippen LogP contribution in [0, 0.1) is 5.21 Å². The molecule has 0 spiro atoms. The summed E-state index contributed by atoms with van der Waals surface area (Å²) in [6.07, 6.45) is 28.3. The Bertz CT molecular complexity index is 288. The molecule has 0 aliphatic rings. The van der Waals surface area contributed by atoms with Crippen LogP contribution in [-0.2, 0) is 0 Å². The lowest BCUT2D eigenvalue weighted by molar-refractivity contribution is -0.454. The van der Waals surface area contributed by atoms with Gasteiger partial charge in [-0.2, -0.15) is 0 Å². The topological polar surface area (TPSA) is 26.1 Å². The summed E-state index contributed by atoms with van der Waals surface area (Å²) in [5.74, 6) is 0. The van der Waals surface area contributed by atoms with E-state index in [1.165, 1.54) is 120 Å².